The number of aromatic nitrogens is 2. The molecule has 1 unspecified atom stereocenters. The highest BCUT2D eigenvalue weighted by Crippen LogP contribution is 2.39. The van der Waals surface area contributed by atoms with Gasteiger partial charge in [-0.2, -0.15) is 17.6 Å². The highest BCUT2D eigenvalue weighted by molar-refractivity contribution is 6.01. The van der Waals surface area contributed by atoms with Crippen LogP contribution in [0.25, 0.3) is 0 Å². The first-order valence-corrected chi connectivity index (χ1v) is 17.4. The molecule has 2 aromatic heterocycles. The van der Waals surface area contributed by atoms with E-state index in [2.05, 4.69) is 41.0 Å². The Morgan fingerprint density at radius 2 is 1.74 bits per heavy atom. The van der Waals surface area contributed by atoms with Crippen LogP contribution in [0.5, 0.6) is 5.75 Å². The molecule has 0 radical (unpaired) electrons. The van der Waals surface area contributed by atoms with Crippen LogP contribution in [0.4, 0.5) is 46.1 Å². The van der Waals surface area contributed by atoms with Crippen molar-refractivity contribution in [1.29, 1.82) is 0 Å². The summed E-state index contributed by atoms with van der Waals surface area (Å²) in [4.78, 5) is 48.5. The topological polar surface area (TPSA) is 141 Å². The van der Waals surface area contributed by atoms with E-state index in [1.54, 1.807) is 24.3 Å². The number of para-hydroxylation sites is 1. The average Bonchev–Trinajstić information content (AvgIpc) is 3.15. The Bertz CT molecular complexity index is 2040. The number of imide groups is 1. The summed E-state index contributed by atoms with van der Waals surface area (Å²) in [6.07, 6.45) is -0.473. The Morgan fingerprint density at radius 1 is 0.981 bits per heavy atom. The Labute approximate surface area is 309 Å². The van der Waals surface area contributed by atoms with Gasteiger partial charge in [0.05, 0.1) is 41.2 Å². The summed E-state index contributed by atoms with van der Waals surface area (Å²) in [5.74, 6) is -1.74. The van der Waals surface area contributed by atoms with Crippen LogP contribution < -0.4 is 30.9 Å². The lowest BCUT2D eigenvalue weighted by atomic mass is 9.91. The maximum Gasteiger partial charge on any atom is 0.419 e. The third-order valence-corrected chi connectivity index (χ3v) is 9.77. The summed E-state index contributed by atoms with van der Waals surface area (Å²) < 4.78 is 62.5. The summed E-state index contributed by atoms with van der Waals surface area (Å²) in [5, 5.41) is 10.7. The number of nitrogens with one attached hydrogen (secondary N) is 4. The molecule has 3 amide bonds. The minimum absolute atomic E-state index is 0.118. The molecular weight excluding hydrogens is 708 g/mol. The second-order valence-electron chi connectivity index (χ2n) is 13.2. The van der Waals surface area contributed by atoms with Gasteiger partial charge in [-0.3, -0.25) is 24.6 Å². The van der Waals surface area contributed by atoms with Gasteiger partial charge in [0, 0.05) is 74.9 Å². The molecule has 284 valence electrons. The van der Waals surface area contributed by atoms with E-state index in [4.69, 9.17) is 4.74 Å². The van der Waals surface area contributed by atoms with Gasteiger partial charge in [-0.15, -0.1) is 0 Å². The minimum Gasteiger partial charge on any atom is -0.494 e. The fourth-order valence-corrected chi connectivity index (χ4v) is 6.83. The molecule has 2 aromatic carbocycles. The van der Waals surface area contributed by atoms with Crippen LogP contribution in [0.2, 0.25) is 0 Å². The second kappa shape index (κ2) is 16.1. The largest absolute Gasteiger partial charge is 0.494 e. The van der Waals surface area contributed by atoms with Gasteiger partial charge in [0.2, 0.25) is 17.8 Å². The van der Waals surface area contributed by atoms with Gasteiger partial charge < -0.3 is 25.6 Å². The first kappa shape index (κ1) is 38.0. The van der Waals surface area contributed by atoms with Crippen LogP contribution in [-0.2, 0) is 22.3 Å². The second-order valence-corrected chi connectivity index (χ2v) is 13.2. The smallest absolute Gasteiger partial charge is 0.419 e. The number of hydrogen-bond acceptors (Lipinski definition) is 10. The van der Waals surface area contributed by atoms with Crippen molar-refractivity contribution >= 4 is 46.3 Å². The van der Waals surface area contributed by atoms with Crippen LogP contribution in [-0.4, -0.2) is 72.9 Å². The van der Waals surface area contributed by atoms with Crippen LogP contribution in [0.15, 0.2) is 67.0 Å². The molecule has 54 heavy (non-hydrogen) atoms. The molecule has 0 bridgehead atoms. The number of halogens is 4. The third kappa shape index (κ3) is 8.54. The van der Waals surface area contributed by atoms with Gasteiger partial charge in [0.25, 0.3) is 5.91 Å². The zero-order valence-corrected chi connectivity index (χ0v) is 29.9. The summed E-state index contributed by atoms with van der Waals surface area (Å²) in [6.45, 7) is 1.71. The number of pyridine rings is 2. The van der Waals surface area contributed by atoms with Crippen molar-refractivity contribution < 1.29 is 36.7 Å². The number of methoxy groups -OCH3 is 1. The highest BCUT2D eigenvalue weighted by atomic mass is 19.4. The summed E-state index contributed by atoms with van der Waals surface area (Å²) in [6, 6.07) is 14.8. The average molecular weight is 749 g/mol. The van der Waals surface area contributed by atoms with Crippen LogP contribution >= 0.6 is 0 Å². The number of amides is 3. The predicted octanol–water partition coefficient (Wildman–Crippen LogP) is 6.11. The summed E-state index contributed by atoms with van der Waals surface area (Å²) in [5.41, 5.74) is 1.42. The van der Waals surface area contributed by atoms with E-state index in [-0.39, 0.29) is 41.1 Å². The van der Waals surface area contributed by atoms with E-state index >= 15 is 0 Å². The van der Waals surface area contributed by atoms with E-state index < -0.39 is 35.4 Å². The number of anilines is 5. The lowest BCUT2D eigenvalue weighted by Gasteiger charge is -2.38. The van der Waals surface area contributed by atoms with Crippen molar-refractivity contribution in [3.63, 3.8) is 0 Å². The molecule has 0 spiro atoms. The van der Waals surface area contributed by atoms with Gasteiger partial charge in [-0.25, -0.2) is 9.97 Å². The van der Waals surface area contributed by atoms with Crippen molar-refractivity contribution in [2.75, 3.05) is 49.8 Å². The van der Waals surface area contributed by atoms with Gasteiger partial charge in [0.1, 0.15) is 11.6 Å². The lowest BCUT2D eigenvalue weighted by molar-refractivity contribution is -0.137. The van der Waals surface area contributed by atoms with Crippen molar-refractivity contribution in [2.45, 2.75) is 50.4 Å². The molecule has 2 aliphatic rings. The van der Waals surface area contributed by atoms with Crippen molar-refractivity contribution in [3.05, 3.63) is 95.2 Å². The molecule has 4 heterocycles. The van der Waals surface area contributed by atoms with E-state index in [1.165, 1.54) is 38.6 Å². The molecule has 12 nitrogen and oxygen atoms in total. The zero-order valence-electron chi connectivity index (χ0n) is 29.9. The van der Waals surface area contributed by atoms with Crippen molar-refractivity contribution in [1.82, 2.24) is 25.5 Å². The van der Waals surface area contributed by atoms with Crippen LogP contribution in [0, 0.1) is 5.95 Å². The Kier molecular flexibility index (Phi) is 11.3. The number of hydrogen-bond donors (Lipinski definition) is 4. The predicted molar refractivity (Wildman–Crippen MR) is 195 cm³/mol. The van der Waals surface area contributed by atoms with Crippen LogP contribution in [0.1, 0.15) is 58.6 Å². The Balaban J connectivity index is 1.12. The first-order valence-electron chi connectivity index (χ1n) is 17.4. The number of carbonyl (C=O) groups is 3. The standard InChI is InChI=1S/C38H40F4N8O4/c1-43-36(52)27-6-4-5-7-29(27)46-31-18-33(44-20-28(31)38(40,41)42)47-30-10-8-25(17-32(30)54-3)50-14-12-24(13-15-50)49(2)21-23-16-22(19-45-35(23)39)26-9-11-34(51)48-37(26)53/h4-8,10,16-20,24,26H,9,11-15,21H2,1-3H3,(H,43,52)(H2,44,46,47)(H,48,51,53). The van der Waals surface area contributed by atoms with Gasteiger partial charge >= 0.3 is 6.18 Å². The number of carbonyl (C=O) groups excluding carboxylic acids is 3. The van der Waals surface area contributed by atoms with Crippen LogP contribution in [0.3, 0.4) is 0 Å². The number of nitrogens with zero attached hydrogens (tertiary/aromatic N) is 4. The summed E-state index contributed by atoms with van der Waals surface area (Å²) >= 11 is 0. The zero-order chi connectivity index (χ0) is 38.6. The SMILES string of the molecule is CNC(=O)c1ccccc1Nc1cc(Nc2ccc(N3CCC(N(C)Cc4cc(C5CCC(=O)NC5=O)cnc4F)CC3)cc2OC)ncc1C(F)(F)F. The highest BCUT2D eigenvalue weighted by Gasteiger charge is 2.35. The molecule has 0 aliphatic carbocycles. The number of benzene rings is 2. The molecule has 0 saturated carbocycles. The number of alkyl halides is 3. The van der Waals surface area contributed by atoms with E-state index in [0.29, 0.717) is 48.6 Å². The maximum atomic E-state index is 14.8. The molecular formula is C38H40F4N8O4. The van der Waals surface area contributed by atoms with Gasteiger partial charge in [-0.05, 0) is 62.2 Å². The molecule has 4 aromatic rings. The third-order valence-electron chi connectivity index (χ3n) is 9.77. The molecule has 16 heteroatoms. The number of ether oxygens (including phenoxy) is 1. The Morgan fingerprint density at radius 3 is 2.44 bits per heavy atom. The minimum atomic E-state index is -4.71. The fraction of sp³-hybridized carbons (Fsp3) is 0.342. The summed E-state index contributed by atoms with van der Waals surface area (Å²) in [7, 11) is 4.86. The molecule has 6 rings (SSSR count). The van der Waals surface area contributed by atoms with E-state index in [1.807, 2.05) is 19.2 Å². The fourth-order valence-electron chi connectivity index (χ4n) is 6.83. The quantitative estimate of drug-likeness (QED) is 0.0807. The van der Waals surface area contributed by atoms with E-state index in [9.17, 15) is 31.9 Å². The normalized spacial score (nSPS) is 16.6. The van der Waals surface area contributed by atoms with Crippen molar-refractivity contribution in [2.24, 2.45) is 0 Å². The van der Waals surface area contributed by atoms with Crippen molar-refractivity contribution in [3.8, 4) is 5.75 Å². The monoisotopic (exact) mass is 748 g/mol. The van der Waals surface area contributed by atoms with Gasteiger partial charge in [0.15, 0.2) is 0 Å². The molecule has 4 N–H and O–H groups in total. The molecule has 2 saturated heterocycles. The number of rotatable bonds is 11. The van der Waals surface area contributed by atoms with E-state index in [0.717, 1.165) is 24.7 Å². The molecule has 2 aliphatic heterocycles. The first-order chi connectivity index (χ1) is 25.8. The molecule has 2 fully saturated rings. The number of piperidine rings is 2. The molecule has 1 atom stereocenters. The Hall–Kier alpha value is -5.77. The lowest BCUT2D eigenvalue weighted by Crippen LogP contribution is -2.43. The van der Waals surface area contributed by atoms with Gasteiger partial charge in [-0.1, -0.05) is 12.1 Å². The maximum absolute atomic E-state index is 14.8.